The molecule has 0 spiro atoms. The Labute approximate surface area is 194 Å². The summed E-state index contributed by atoms with van der Waals surface area (Å²) >= 11 is 0. The van der Waals surface area contributed by atoms with Gasteiger partial charge in [-0.15, -0.1) is 0 Å². The van der Waals surface area contributed by atoms with Gasteiger partial charge in [0, 0.05) is 11.6 Å². The molecule has 3 rings (SSSR count). The number of hydrogen-bond acceptors (Lipinski definition) is 2. The van der Waals surface area contributed by atoms with Crippen molar-refractivity contribution in [2.24, 2.45) is 5.92 Å². The Balaban J connectivity index is 1.56. The van der Waals surface area contributed by atoms with Crippen LogP contribution in [-0.2, 0) is 4.74 Å². The lowest BCUT2D eigenvalue weighted by molar-refractivity contribution is 0.243. The molecule has 33 heavy (non-hydrogen) atoms. The van der Waals surface area contributed by atoms with Crippen molar-refractivity contribution in [1.29, 1.82) is 0 Å². The van der Waals surface area contributed by atoms with Crippen molar-refractivity contribution in [2.45, 2.75) is 51.4 Å². The first-order valence-corrected chi connectivity index (χ1v) is 11.4. The molecule has 0 bridgehead atoms. The molecule has 176 valence electrons. The molecule has 0 radical (unpaired) electrons. The molecule has 0 aromatic heterocycles. The molecule has 1 aliphatic carbocycles. The zero-order valence-electron chi connectivity index (χ0n) is 19.0. The van der Waals surface area contributed by atoms with Crippen molar-refractivity contribution >= 4 is 0 Å². The SMILES string of the molecule is C=C(/C=C(/F)C(=C)CCC1CCC(c2ccc(-c3ccc(O)cc3)c(F)c2F)CC1)OCC. The molecule has 1 fully saturated rings. The van der Waals surface area contributed by atoms with Gasteiger partial charge in [-0.25, -0.2) is 13.2 Å². The summed E-state index contributed by atoms with van der Waals surface area (Å²) in [6.45, 7) is 9.72. The maximum atomic E-state index is 14.9. The van der Waals surface area contributed by atoms with Gasteiger partial charge in [-0.3, -0.25) is 0 Å². The third kappa shape index (κ3) is 6.31. The Morgan fingerprint density at radius 3 is 2.33 bits per heavy atom. The highest BCUT2D eigenvalue weighted by Crippen LogP contribution is 2.40. The number of aromatic hydroxyl groups is 1. The fourth-order valence-electron chi connectivity index (χ4n) is 4.47. The van der Waals surface area contributed by atoms with Gasteiger partial charge in [-0.2, -0.15) is 0 Å². The van der Waals surface area contributed by atoms with Crippen LogP contribution in [0.1, 0.15) is 56.9 Å². The summed E-state index contributed by atoms with van der Waals surface area (Å²) in [5, 5.41) is 9.41. The highest BCUT2D eigenvalue weighted by atomic mass is 19.2. The maximum Gasteiger partial charge on any atom is 0.166 e. The smallest absolute Gasteiger partial charge is 0.166 e. The van der Waals surface area contributed by atoms with E-state index in [0.29, 0.717) is 35.6 Å². The van der Waals surface area contributed by atoms with Crippen molar-refractivity contribution < 1.29 is 23.0 Å². The maximum absolute atomic E-state index is 14.9. The van der Waals surface area contributed by atoms with Crippen molar-refractivity contribution in [3.63, 3.8) is 0 Å². The molecule has 1 aliphatic rings. The summed E-state index contributed by atoms with van der Waals surface area (Å²) in [6, 6.07) is 9.33. The van der Waals surface area contributed by atoms with Crippen LogP contribution in [0.3, 0.4) is 0 Å². The molecule has 2 aromatic rings. The first-order chi connectivity index (χ1) is 15.8. The summed E-state index contributed by atoms with van der Waals surface area (Å²) in [6.07, 6.45) is 5.93. The van der Waals surface area contributed by atoms with Crippen molar-refractivity contribution in [1.82, 2.24) is 0 Å². The monoisotopic (exact) mass is 456 g/mol. The van der Waals surface area contributed by atoms with Gasteiger partial charge in [0.2, 0.25) is 0 Å². The number of halogens is 3. The first-order valence-electron chi connectivity index (χ1n) is 11.4. The van der Waals surface area contributed by atoms with E-state index >= 15 is 0 Å². The van der Waals surface area contributed by atoms with Gasteiger partial charge in [0.25, 0.3) is 0 Å². The third-order valence-corrected chi connectivity index (χ3v) is 6.39. The van der Waals surface area contributed by atoms with Crippen molar-refractivity contribution in [2.75, 3.05) is 6.61 Å². The van der Waals surface area contributed by atoms with Gasteiger partial charge in [0.05, 0.1) is 6.61 Å². The number of hydrogen-bond donors (Lipinski definition) is 1. The molecule has 0 heterocycles. The Morgan fingerprint density at radius 1 is 1.03 bits per heavy atom. The second-order valence-electron chi connectivity index (χ2n) is 8.63. The molecule has 2 nitrogen and oxygen atoms in total. The minimum Gasteiger partial charge on any atom is -0.508 e. The van der Waals surface area contributed by atoms with E-state index in [1.54, 1.807) is 24.3 Å². The van der Waals surface area contributed by atoms with E-state index in [1.807, 2.05) is 6.92 Å². The molecule has 0 unspecified atom stereocenters. The highest BCUT2D eigenvalue weighted by Gasteiger charge is 2.26. The Kier molecular flexibility index (Phi) is 8.43. The fourth-order valence-corrected chi connectivity index (χ4v) is 4.47. The second-order valence-corrected chi connectivity index (χ2v) is 8.63. The van der Waals surface area contributed by atoms with Gasteiger partial charge in [0.15, 0.2) is 11.6 Å². The summed E-state index contributed by atoms with van der Waals surface area (Å²) in [5.74, 6) is -1.32. The van der Waals surface area contributed by atoms with Crippen LogP contribution in [0.15, 0.2) is 72.8 Å². The zero-order valence-corrected chi connectivity index (χ0v) is 19.0. The van der Waals surface area contributed by atoms with Crippen molar-refractivity contribution in [3.05, 3.63) is 90.0 Å². The Hall–Kier alpha value is -2.95. The lowest BCUT2D eigenvalue weighted by Gasteiger charge is -2.29. The predicted molar refractivity (Wildman–Crippen MR) is 126 cm³/mol. The molecule has 0 saturated heterocycles. The zero-order chi connectivity index (χ0) is 24.0. The number of benzene rings is 2. The molecule has 0 aliphatic heterocycles. The summed E-state index contributed by atoms with van der Waals surface area (Å²) in [5.41, 5.74) is 1.55. The molecule has 1 saturated carbocycles. The van der Waals surface area contributed by atoms with E-state index in [2.05, 4.69) is 13.2 Å². The molecular weight excluding hydrogens is 425 g/mol. The van der Waals surface area contributed by atoms with Crippen LogP contribution in [0.25, 0.3) is 11.1 Å². The van der Waals surface area contributed by atoms with E-state index in [-0.39, 0.29) is 23.0 Å². The molecule has 1 N–H and O–H groups in total. The van der Waals surface area contributed by atoms with Gasteiger partial charge in [0.1, 0.15) is 17.3 Å². The number of rotatable bonds is 9. The molecule has 0 atom stereocenters. The van der Waals surface area contributed by atoms with Crippen LogP contribution in [0, 0.1) is 17.6 Å². The van der Waals surface area contributed by atoms with Crippen LogP contribution in [0.5, 0.6) is 5.75 Å². The molecular formula is C28H31F3O2. The quantitative estimate of drug-likeness (QED) is 0.303. The summed E-state index contributed by atoms with van der Waals surface area (Å²) in [7, 11) is 0. The van der Waals surface area contributed by atoms with Gasteiger partial charge in [-0.05, 0) is 86.1 Å². The van der Waals surface area contributed by atoms with Crippen LogP contribution in [-0.4, -0.2) is 11.7 Å². The third-order valence-electron chi connectivity index (χ3n) is 6.39. The topological polar surface area (TPSA) is 29.5 Å². The van der Waals surface area contributed by atoms with Gasteiger partial charge in [-0.1, -0.05) is 37.4 Å². The highest BCUT2D eigenvalue weighted by molar-refractivity contribution is 5.65. The van der Waals surface area contributed by atoms with Crippen LogP contribution < -0.4 is 0 Å². The molecule has 0 amide bonds. The number of phenolic OH excluding ortho intramolecular Hbond substituents is 1. The van der Waals surface area contributed by atoms with Crippen LogP contribution in [0.4, 0.5) is 13.2 Å². The lowest BCUT2D eigenvalue weighted by Crippen LogP contribution is -2.15. The van der Waals surface area contributed by atoms with Crippen LogP contribution >= 0.6 is 0 Å². The molecule has 5 heteroatoms. The summed E-state index contributed by atoms with van der Waals surface area (Å²) < 4.78 is 49.1. The minimum atomic E-state index is -0.854. The number of phenols is 1. The fraction of sp³-hybridized carbons (Fsp3) is 0.357. The van der Waals surface area contributed by atoms with Gasteiger partial charge < -0.3 is 9.84 Å². The van der Waals surface area contributed by atoms with E-state index < -0.39 is 17.5 Å². The van der Waals surface area contributed by atoms with Gasteiger partial charge >= 0.3 is 0 Å². The van der Waals surface area contributed by atoms with E-state index in [4.69, 9.17) is 4.74 Å². The molecule has 2 aromatic carbocycles. The lowest BCUT2D eigenvalue weighted by atomic mass is 9.76. The first kappa shape index (κ1) is 24.7. The standard InChI is InChI=1S/C28H31F3O2/c1-4-33-19(3)17-26(29)18(2)5-6-20-7-9-21(10-8-20)24-15-16-25(28(31)27(24)30)22-11-13-23(32)14-12-22/h11-17,20-21,32H,2-10H2,1H3/b26-17+. The minimum absolute atomic E-state index is 0.0287. The average Bonchev–Trinajstić information content (AvgIpc) is 2.80. The second kappa shape index (κ2) is 11.3. The van der Waals surface area contributed by atoms with E-state index in [9.17, 15) is 18.3 Å². The van der Waals surface area contributed by atoms with E-state index in [0.717, 1.165) is 32.1 Å². The van der Waals surface area contributed by atoms with Crippen LogP contribution in [0.2, 0.25) is 0 Å². The summed E-state index contributed by atoms with van der Waals surface area (Å²) in [4.78, 5) is 0. The predicted octanol–water partition coefficient (Wildman–Crippen LogP) is 8.35. The Morgan fingerprint density at radius 2 is 1.70 bits per heavy atom. The van der Waals surface area contributed by atoms with E-state index in [1.165, 1.54) is 18.2 Å². The number of ether oxygens (including phenoxy) is 1. The largest absolute Gasteiger partial charge is 0.508 e. The normalized spacial score (nSPS) is 18.7. The average molecular weight is 457 g/mol. The van der Waals surface area contributed by atoms with Crippen molar-refractivity contribution in [3.8, 4) is 16.9 Å². The number of allylic oxidation sites excluding steroid dienone is 3. The Bertz CT molecular complexity index is 1020.